The molecule has 258 valence electrons. The van der Waals surface area contributed by atoms with Crippen LogP contribution >= 0.6 is 11.6 Å². The fourth-order valence-electron chi connectivity index (χ4n) is 6.33. The summed E-state index contributed by atoms with van der Waals surface area (Å²) in [6.45, 7) is 4.01. The molecule has 0 saturated heterocycles. The molecule has 0 saturated carbocycles. The first-order valence-corrected chi connectivity index (χ1v) is 16.1. The molecule has 5 aromatic rings. The summed E-state index contributed by atoms with van der Waals surface area (Å²) in [4.78, 5) is 53.5. The van der Waals surface area contributed by atoms with Gasteiger partial charge in [0.2, 0.25) is 5.91 Å². The Hall–Kier alpha value is -6.21. The lowest BCUT2D eigenvalue weighted by atomic mass is 9.72. The smallest absolute Gasteiger partial charge is 0.335 e. The highest BCUT2D eigenvalue weighted by molar-refractivity contribution is 6.31. The summed E-state index contributed by atoms with van der Waals surface area (Å²) < 4.78 is 16.6. The van der Waals surface area contributed by atoms with E-state index in [1.807, 2.05) is 32.0 Å². The van der Waals surface area contributed by atoms with Gasteiger partial charge in [-0.3, -0.25) is 14.4 Å². The van der Waals surface area contributed by atoms with Gasteiger partial charge in [0.15, 0.2) is 5.82 Å². The van der Waals surface area contributed by atoms with Crippen LogP contribution in [-0.2, 0) is 15.0 Å². The molecule has 3 N–H and O–H groups in total. The number of amides is 3. The maximum Gasteiger partial charge on any atom is 0.335 e. The summed E-state index contributed by atoms with van der Waals surface area (Å²) in [5, 5.41) is 25.6. The number of hydrogen-bond acceptors (Lipinski definition) is 7. The molecule has 2 heterocycles. The number of nitrogens with zero attached hydrogens (tertiary/aromatic N) is 5. The third kappa shape index (κ3) is 6.83. The topological polar surface area (TPSA) is 159 Å². The number of hydrogen-bond donors (Lipinski definition) is 3. The number of carboxylic acid groups (broad SMARTS) is 1. The molecule has 0 spiro atoms. The molecule has 0 fully saturated rings. The molecule has 0 radical (unpaired) electrons. The van der Waals surface area contributed by atoms with E-state index in [2.05, 4.69) is 26.2 Å². The highest BCUT2D eigenvalue weighted by atomic mass is 35.5. The maximum absolute atomic E-state index is 15.4. The summed E-state index contributed by atoms with van der Waals surface area (Å²) in [7, 11) is 1.55. The van der Waals surface area contributed by atoms with Crippen LogP contribution in [0.5, 0.6) is 0 Å². The molecule has 4 aromatic carbocycles. The van der Waals surface area contributed by atoms with Crippen LogP contribution in [0.25, 0.3) is 22.9 Å². The molecule has 1 aromatic heterocycles. The monoisotopic (exact) mass is 707 g/mol. The highest BCUT2D eigenvalue weighted by Crippen LogP contribution is 2.45. The molecule has 1 aliphatic heterocycles. The van der Waals surface area contributed by atoms with Gasteiger partial charge in [0.1, 0.15) is 12.4 Å². The number of fused-ring (bicyclic) bond motifs is 1. The Morgan fingerprint density at radius 1 is 0.980 bits per heavy atom. The van der Waals surface area contributed by atoms with E-state index in [9.17, 15) is 24.3 Å². The molecule has 1 unspecified atom stereocenters. The van der Waals surface area contributed by atoms with Crippen molar-refractivity contribution in [1.29, 1.82) is 0 Å². The van der Waals surface area contributed by atoms with Crippen molar-refractivity contribution >= 4 is 47.1 Å². The standard InChI is InChI=1S/C37H31ClFN7O5/c1-37(2)19-45(30(47)18-15-26-29(46-20-41-43-44-46)17-16-28(38)32(26)39)33(35(49)42-24-13-11-23(12-14-24)36(50)51)27-6-4-5-25(31(27)37)21-7-9-22(10-8-21)34(48)40-3/h4-18,20,33H,19H2,1-3H3,(H,40,48)(H,42,49)(H,50,51)/b18-15+. The predicted octanol–water partition coefficient (Wildman–Crippen LogP) is 5.69. The predicted molar refractivity (Wildman–Crippen MR) is 188 cm³/mol. The number of benzene rings is 4. The van der Waals surface area contributed by atoms with Gasteiger partial charge in [0, 0.05) is 41.9 Å². The van der Waals surface area contributed by atoms with Gasteiger partial charge in [0.25, 0.3) is 11.8 Å². The molecular formula is C37H31ClFN7O5. The molecule has 14 heteroatoms. The average Bonchev–Trinajstić information content (AvgIpc) is 3.66. The van der Waals surface area contributed by atoms with Crippen LogP contribution in [0.2, 0.25) is 5.02 Å². The Balaban J connectivity index is 1.44. The number of aromatic nitrogens is 4. The minimum absolute atomic E-state index is 0.0400. The molecule has 6 rings (SSSR count). The number of carbonyl (C=O) groups excluding carboxylic acids is 3. The van der Waals surface area contributed by atoms with Crippen molar-refractivity contribution in [2.24, 2.45) is 0 Å². The van der Waals surface area contributed by atoms with Gasteiger partial charge >= 0.3 is 5.97 Å². The fourth-order valence-corrected chi connectivity index (χ4v) is 6.50. The van der Waals surface area contributed by atoms with Crippen LogP contribution < -0.4 is 10.6 Å². The second-order valence-electron chi connectivity index (χ2n) is 12.4. The summed E-state index contributed by atoms with van der Waals surface area (Å²) in [5.74, 6) is -3.26. The first-order valence-electron chi connectivity index (χ1n) is 15.7. The third-order valence-electron chi connectivity index (χ3n) is 8.66. The summed E-state index contributed by atoms with van der Waals surface area (Å²) in [6.07, 6.45) is 3.72. The van der Waals surface area contributed by atoms with Crippen LogP contribution in [0.15, 0.2) is 91.3 Å². The van der Waals surface area contributed by atoms with Crippen molar-refractivity contribution in [2.45, 2.75) is 25.3 Å². The molecule has 3 amide bonds. The van der Waals surface area contributed by atoms with E-state index < -0.39 is 35.1 Å². The minimum Gasteiger partial charge on any atom is -0.478 e. The van der Waals surface area contributed by atoms with Crippen LogP contribution in [0.3, 0.4) is 0 Å². The lowest BCUT2D eigenvalue weighted by Gasteiger charge is -2.45. The van der Waals surface area contributed by atoms with E-state index >= 15 is 4.39 Å². The number of halogens is 2. The van der Waals surface area contributed by atoms with Gasteiger partial charge in [-0.1, -0.05) is 55.8 Å². The normalized spacial score (nSPS) is 14.9. The van der Waals surface area contributed by atoms with E-state index in [-0.39, 0.29) is 34.3 Å². The Labute approximate surface area is 296 Å². The molecule has 0 aliphatic carbocycles. The molecule has 12 nitrogen and oxygen atoms in total. The Kier molecular flexibility index (Phi) is 9.48. The summed E-state index contributed by atoms with van der Waals surface area (Å²) in [5.41, 5.74) is 3.36. The number of carbonyl (C=O) groups is 4. The SMILES string of the molecule is CNC(=O)c1ccc(-c2cccc3c2C(C)(C)CN(C(=O)/C=C/c2c(-n4cnnn4)ccc(Cl)c2F)C3C(=O)Nc2ccc(C(=O)O)cc2)cc1. The number of aromatic carboxylic acids is 1. The number of tetrazole rings is 1. The Morgan fingerprint density at radius 2 is 1.69 bits per heavy atom. The summed E-state index contributed by atoms with van der Waals surface area (Å²) in [6, 6.07) is 20.0. The van der Waals surface area contributed by atoms with E-state index in [0.717, 1.165) is 16.7 Å². The lowest BCUT2D eigenvalue weighted by molar-refractivity contribution is -0.136. The maximum atomic E-state index is 15.4. The number of rotatable bonds is 8. The fraction of sp³-hybridized carbons (Fsp3) is 0.162. The van der Waals surface area contributed by atoms with Gasteiger partial charge in [-0.2, -0.15) is 4.68 Å². The van der Waals surface area contributed by atoms with E-state index in [4.69, 9.17) is 11.6 Å². The van der Waals surface area contributed by atoms with Crippen molar-refractivity contribution in [3.05, 3.63) is 130 Å². The van der Waals surface area contributed by atoms with Crippen molar-refractivity contribution < 1.29 is 28.7 Å². The minimum atomic E-state index is -1.15. The first kappa shape index (κ1) is 34.6. The van der Waals surface area contributed by atoms with Gasteiger partial charge < -0.3 is 20.6 Å². The quantitative estimate of drug-likeness (QED) is 0.174. The van der Waals surface area contributed by atoms with Crippen LogP contribution in [-0.4, -0.2) is 67.5 Å². The zero-order valence-corrected chi connectivity index (χ0v) is 28.4. The van der Waals surface area contributed by atoms with Crippen LogP contribution in [0.1, 0.15) is 57.3 Å². The van der Waals surface area contributed by atoms with Gasteiger partial charge in [-0.05, 0) is 87.3 Å². The lowest BCUT2D eigenvalue weighted by Crippen LogP contribution is -2.51. The van der Waals surface area contributed by atoms with Crippen LogP contribution in [0, 0.1) is 5.82 Å². The van der Waals surface area contributed by atoms with Gasteiger partial charge in [-0.15, -0.1) is 5.10 Å². The number of carboxylic acids is 1. The van der Waals surface area contributed by atoms with Crippen molar-refractivity contribution in [2.75, 3.05) is 18.9 Å². The molecule has 1 aliphatic rings. The zero-order valence-electron chi connectivity index (χ0n) is 27.6. The van der Waals surface area contributed by atoms with Crippen molar-refractivity contribution in [1.82, 2.24) is 30.4 Å². The molecular weight excluding hydrogens is 677 g/mol. The van der Waals surface area contributed by atoms with Gasteiger partial charge in [0.05, 0.1) is 16.3 Å². The van der Waals surface area contributed by atoms with Crippen molar-refractivity contribution in [3.63, 3.8) is 0 Å². The second-order valence-corrected chi connectivity index (χ2v) is 12.8. The zero-order chi connectivity index (χ0) is 36.4. The second kappa shape index (κ2) is 14.0. The highest BCUT2D eigenvalue weighted by Gasteiger charge is 2.44. The van der Waals surface area contributed by atoms with E-state index in [1.54, 1.807) is 31.3 Å². The number of nitrogens with one attached hydrogen (secondary N) is 2. The Bertz CT molecular complexity index is 2190. The van der Waals surface area contributed by atoms with E-state index in [0.29, 0.717) is 16.8 Å². The number of anilines is 1. The van der Waals surface area contributed by atoms with Crippen molar-refractivity contribution in [3.8, 4) is 16.8 Å². The molecule has 1 atom stereocenters. The van der Waals surface area contributed by atoms with Gasteiger partial charge in [-0.25, -0.2) is 9.18 Å². The van der Waals surface area contributed by atoms with Crippen LogP contribution in [0.4, 0.5) is 10.1 Å². The molecule has 51 heavy (non-hydrogen) atoms. The average molecular weight is 708 g/mol. The third-order valence-corrected chi connectivity index (χ3v) is 8.95. The summed E-state index contributed by atoms with van der Waals surface area (Å²) >= 11 is 6.10. The largest absolute Gasteiger partial charge is 0.478 e. The first-order chi connectivity index (χ1) is 24.4. The van der Waals surface area contributed by atoms with E-state index in [1.165, 1.54) is 64.5 Å². The molecule has 0 bridgehead atoms. The Morgan fingerprint density at radius 3 is 2.33 bits per heavy atom.